The molecule has 130 valence electrons. The van der Waals surface area contributed by atoms with E-state index in [1.165, 1.54) is 10.9 Å². The van der Waals surface area contributed by atoms with E-state index in [1.807, 2.05) is 42.5 Å². The lowest BCUT2D eigenvalue weighted by molar-refractivity contribution is 0.0915. The molecule has 2 aromatic carbocycles. The van der Waals surface area contributed by atoms with Crippen molar-refractivity contribution in [2.75, 3.05) is 6.61 Å². The summed E-state index contributed by atoms with van der Waals surface area (Å²) in [5, 5.41) is 12.9. The second-order valence-electron chi connectivity index (χ2n) is 6.05. The maximum Gasteiger partial charge on any atom is 0.262 e. The number of pyridine rings is 1. The zero-order valence-corrected chi connectivity index (χ0v) is 13.9. The number of aliphatic hydroxyl groups is 1. The number of benzene rings is 2. The van der Waals surface area contributed by atoms with E-state index in [4.69, 9.17) is 4.74 Å². The van der Waals surface area contributed by atoms with Gasteiger partial charge >= 0.3 is 0 Å². The molecule has 2 aromatic heterocycles. The summed E-state index contributed by atoms with van der Waals surface area (Å²) in [5.41, 5.74) is 0.170. The molecule has 4 aromatic rings. The number of nitrogens with zero attached hydrogens (tertiary/aromatic N) is 3. The highest BCUT2D eigenvalue weighted by Gasteiger charge is 2.10. The maximum atomic E-state index is 12.4. The fourth-order valence-electron chi connectivity index (χ4n) is 2.86. The molecular weight excluding hydrogens is 330 g/mol. The Morgan fingerprint density at radius 1 is 1.04 bits per heavy atom. The van der Waals surface area contributed by atoms with Crippen molar-refractivity contribution in [3.05, 3.63) is 77.5 Å². The Kier molecular flexibility index (Phi) is 4.33. The molecule has 2 heterocycles. The fourth-order valence-corrected chi connectivity index (χ4v) is 2.86. The smallest absolute Gasteiger partial charge is 0.262 e. The second-order valence-corrected chi connectivity index (χ2v) is 6.05. The van der Waals surface area contributed by atoms with Crippen molar-refractivity contribution in [2.24, 2.45) is 0 Å². The van der Waals surface area contributed by atoms with Gasteiger partial charge in [0.05, 0.1) is 11.9 Å². The molecule has 0 bridgehead atoms. The summed E-state index contributed by atoms with van der Waals surface area (Å²) in [4.78, 5) is 20.6. The van der Waals surface area contributed by atoms with Gasteiger partial charge in [0.15, 0.2) is 5.65 Å². The van der Waals surface area contributed by atoms with Crippen molar-refractivity contribution in [3.63, 3.8) is 0 Å². The molecular formula is C20H17N3O3. The number of rotatable bonds is 5. The van der Waals surface area contributed by atoms with E-state index in [0.717, 1.165) is 10.8 Å². The molecule has 6 nitrogen and oxygen atoms in total. The van der Waals surface area contributed by atoms with Crippen molar-refractivity contribution in [2.45, 2.75) is 12.6 Å². The van der Waals surface area contributed by atoms with Crippen LogP contribution >= 0.6 is 0 Å². The molecule has 0 aliphatic rings. The normalized spacial score (nSPS) is 12.3. The van der Waals surface area contributed by atoms with Gasteiger partial charge in [-0.1, -0.05) is 30.3 Å². The van der Waals surface area contributed by atoms with E-state index in [9.17, 15) is 9.90 Å². The molecule has 0 amide bonds. The molecule has 0 aliphatic carbocycles. The van der Waals surface area contributed by atoms with Gasteiger partial charge < -0.3 is 9.84 Å². The van der Waals surface area contributed by atoms with Crippen LogP contribution in [0.25, 0.3) is 21.8 Å². The van der Waals surface area contributed by atoms with Crippen LogP contribution in [-0.2, 0) is 6.54 Å². The van der Waals surface area contributed by atoms with Gasteiger partial charge in [0.1, 0.15) is 24.8 Å². The van der Waals surface area contributed by atoms with Crippen LogP contribution in [0.5, 0.6) is 5.75 Å². The molecule has 0 fully saturated rings. The minimum Gasteiger partial charge on any atom is -0.491 e. The fraction of sp³-hybridized carbons (Fsp3) is 0.150. The number of hydrogen-bond donors (Lipinski definition) is 1. The quantitative estimate of drug-likeness (QED) is 0.600. The van der Waals surface area contributed by atoms with Crippen LogP contribution in [-0.4, -0.2) is 32.4 Å². The van der Waals surface area contributed by atoms with Crippen LogP contribution in [0.15, 0.2) is 71.9 Å². The highest BCUT2D eigenvalue weighted by atomic mass is 16.5. The van der Waals surface area contributed by atoms with Gasteiger partial charge in [-0.3, -0.25) is 9.36 Å². The van der Waals surface area contributed by atoms with Gasteiger partial charge in [0.25, 0.3) is 5.56 Å². The van der Waals surface area contributed by atoms with E-state index in [-0.39, 0.29) is 18.7 Å². The minimum absolute atomic E-state index is 0.0792. The predicted octanol–water partition coefficient (Wildman–Crippen LogP) is 2.38. The molecule has 0 radical (unpaired) electrons. The first kappa shape index (κ1) is 16.2. The van der Waals surface area contributed by atoms with Crippen molar-refractivity contribution < 1.29 is 9.84 Å². The van der Waals surface area contributed by atoms with Gasteiger partial charge in [-0.2, -0.15) is 0 Å². The lowest BCUT2D eigenvalue weighted by atomic mass is 10.1. The second kappa shape index (κ2) is 6.93. The van der Waals surface area contributed by atoms with Crippen molar-refractivity contribution >= 4 is 21.8 Å². The lowest BCUT2D eigenvalue weighted by Gasteiger charge is -2.14. The Morgan fingerprint density at radius 3 is 2.77 bits per heavy atom. The third-order valence-corrected chi connectivity index (χ3v) is 4.17. The van der Waals surface area contributed by atoms with Gasteiger partial charge in [-0.05, 0) is 35.0 Å². The average molecular weight is 347 g/mol. The number of aliphatic hydroxyl groups excluding tert-OH is 1. The number of fused-ring (bicyclic) bond motifs is 2. The number of aromatic nitrogens is 3. The minimum atomic E-state index is -0.838. The van der Waals surface area contributed by atoms with Crippen LogP contribution < -0.4 is 10.3 Å². The maximum absolute atomic E-state index is 12.4. The Hall–Kier alpha value is -3.25. The average Bonchev–Trinajstić information content (AvgIpc) is 2.68. The Balaban J connectivity index is 1.46. The largest absolute Gasteiger partial charge is 0.491 e. The van der Waals surface area contributed by atoms with Gasteiger partial charge in [0.2, 0.25) is 0 Å². The summed E-state index contributed by atoms with van der Waals surface area (Å²) < 4.78 is 7.05. The summed E-state index contributed by atoms with van der Waals surface area (Å²) in [6.45, 7) is 0.181. The van der Waals surface area contributed by atoms with Crippen molar-refractivity contribution in [3.8, 4) is 5.75 Å². The summed E-state index contributed by atoms with van der Waals surface area (Å²) in [7, 11) is 0. The molecule has 1 N–H and O–H groups in total. The van der Waals surface area contributed by atoms with Crippen molar-refractivity contribution in [1.29, 1.82) is 0 Å². The third kappa shape index (κ3) is 3.27. The monoisotopic (exact) mass is 347 g/mol. The number of ether oxygens (including phenoxy) is 1. The molecule has 0 unspecified atom stereocenters. The summed E-state index contributed by atoms with van der Waals surface area (Å²) >= 11 is 0. The Labute approximate surface area is 149 Å². The van der Waals surface area contributed by atoms with Crippen LogP contribution in [0.3, 0.4) is 0 Å². The topological polar surface area (TPSA) is 77.2 Å². The lowest BCUT2D eigenvalue weighted by Crippen LogP contribution is -2.30. The summed E-state index contributed by atoms with van der Waals surface area (Å²) in [6, 6.07) is 17.1. The molecule has 0 aliphatic heterocycles. The van der Waals surface area contributed by atoms with E-state index in [1.54, 1.807) is 18.3 Å². The summed E-state index contributed by atoms with van der Waals surface area (Å²) in [6.07, 6.45) is 2.15. The highest BCUT2D eigenvalue weighted by Crippen LogP contribution is 2.20. The first-order valence-electron chi connectivity index (χ1n) is 8.30. The number of hydrogen-bond acceptors (Lipinski definition) is 5. The molecule has 0 saturated heterocycles. The van der Waals surface area contributed by atoms with E-state index in [0.29, 0.717) is 16.8 Å². The van der Waals surface area contributed by atoms with Crippen LogP contribution in [0.2, 0.25) is 0 Å². The summed E-state index contributed by atoms with van der Waals surface area (Å²) in [5.74, 6) is 0.677. The molecule has 0 saturated carbocycles. The Bertz CT molecular complexity index is 1120. The first-order valence-corrected chi connectivity index (χ1v) is 8.30. The molecule has 4 rings (SSSR count). The zero-order valence-electron chi connectivity index (χ0n) is 13.9. The van der Waals surface area contributed by atoms with E-state index < -0.39 is 6.10 Å². The zero-order chi connectivity index (χ0) is 17.9. The van der Waals surface area contributed by atoms with Crippen LogP contribution in [0, 0.1) is 0 Å². The van der Waals surface area contributed by atoms with Crippen LogP contribution in [0.1, 0.15) is 0 Å². The van der Waals surface area contributed by atoms with E-state index in [2.05, 4.69) is 9.97 Å². The van der Waals surface area contributed by atoms with Crippen LogP contribution in [0.4, 0.5) is 0 Å². The SMILES string of the molecule is O=c1c2cccnc2ncn1C[C@H](O)COc1ccc2ccccc2c1. The third-order valence-electron chi connectivity index (χ3n) is 4.17. The van der Waals surface area contributed by atoms with Gasteiger partial charge in [0, 0.05) is 6.20 Å². The highest BCUT2D eigenvalue weighted by molar-refractivity contribution is 5.83. The molecule has 26 heavy (non-hydrogen) atoms. The Morgan fingerprint density at radius 2 is 1.88 bits per heavy atom. The van der Waals surface area contributed by atoms with Gasteiger partial charge in [-0.25, -0.2) is 9.97 Å². The van der Waals surface area contributed by atoms with E-state index >= 15 is 0 Å². The first-order chi connectivity index (χ1) is 12.7. The van der Waals surface area contributed by atoms with Crippen molar-refractivity contribution in [1.82, 2.24) is 14.5 Å². The molecule has 6 heteroatoms. The molecule has 1 atom stereocenters. The van der Waals surface area contributed by atoms with Gasteiger partial charge in [-0.15, -0.1) is 0 Å². The predicted molar refractivity (Wildman–Crippen MR) is 99.2 cm³/mol. The standard InChI is InChI=1S/C20H17N3O3/c24-16(11-23-13-22-19-18(20(23)25)6-3-9-21-19)12-26-17-8-7-14-4-1-2-5-15(14)10-17/h1-10,13,16,24H,11-12H2/t16-/m0/s1. The molecule has 0 spiro atoms.